The van der Waals surface area contributed by atoms with Gasteiger partial charge in [-0.1, -0.05) is 12.1 Å². The van der Waals surface area contributed by atoms with Gasteiger partial charge >= 0.3 is 0 Å². The number of fused-ring (bicyclic) bond motifs is 1. The quantitative estimate of drug-likeness (QED) is 0.508. The molecule has 1 atom stereocenters. The molecule has 0 radical (unpaired) electrons. The summed E-state index contributed by atoms with van der Waals surface area (Å²) in [4.78, 5) is 45.6. The van der Waals surface area contributed by atoms with Crippen molar-refractivity contribution in [1.29, 1.82) is 0 Å². The Morgan fingerprint density at radius 1 is 1.23 bits per heavy atom. The van der Waals surface area contributed by atoms with Gasteiger partial charge in [0.1, 0.15) is 11.1 Å². The van der Waals surface area contributed by atoms with E-state index in [1.807, 2.05) is 0 Å². The van der Waals surface area contributed by atoms with Crippen LogP contribution in [-0.4, -0.2) is 43.0 Å². The zero-order valence-electron chi connectivity index (χ0n) is 16.3. The lowest BCUT2D eigenvalue weighted by Gasteiger charge is -2.16. The van der Waals surface area contributed by atoms with Gasteiger partial charge in [0.05, 0.1) is 42.6 Å². The number of para-hydroxylation sites is 2. The summed E-state index contributed by atoms with van der Waals surface area (Å²) in [5, 5.41) is 7.52. The molecule has 1 unspecified atom stereocenters. The van der Waals surface area contributed by atoms with Crippen LogP contribution >= 0.6 is 0 Å². The number of anilines is 1. The highest BCUT2D eigenvalue weighted by molar-refractivity contribution is 5.98. The highest BCUT2D eigenvalue weighted by atomic mass is 16.3. The molecule has 5 rings (SSSR count). The Balaban J connectivity index is 1.37. The number of aromatic nitrogens is 4. The van der Waals surface area contributed by atoms with Crippen molar-refractivity contribution in [3.05, 3.63) is 71.3 Å². The second-order valence-electron chi connectivity index (χ2n) is 7.29. The summed E-state index contributed by atoms with van der Waals surface area (Å²) in [5.74, 6) is -0.157. The standard InChI is InChI=1S/C21H18N6O4/c28-18-8-13(10-26(18)11-14-4-3-7-31-14)20(29)25-16-5-1-2-6-17(16)27-19-15(9-24-27)21(30)23-12-22-19/h1-7,9,12-13H,8,10-11H2,(H,25,29)(H,22,23,30). The highest BCUT2D eigenvalue weighted by Gasteiger charge is 2.35. The molecule has 0 saturated carbocycles. The third-order valence-electron chi connectivity index (χ3n) is 5.27. The second kappa shape index (κ2) is 7.56. The second-order valence-corrected chi connectivity index (χ2v) is 7.29. The fourth-order valence-corrected chi connectivity index (χ4v) is 3.72. The number of nitrogens with one attached hydrogen (secondary N) is 2. The Hall–Kier alpha value is -4.21. The number of likely N-dealkylation sites (tertiary alicyclic amines) is 1. The van der Waals surface area contributed by atoms with Crippen LogP contribution < -0.4 is 10.9 Å². The Labute approximate surface area is 175 Å². The number of amides is 2. The molecule has 1 aliphatic rings. The molecule has 2 N–H and O–H groups in total. The van der Waals surface area contributed by atoms with Gasteiger partial charge in [-0.3, -0.25) is 14.4 Å². The van der Waals surface area contributed by atoms with Crippen LogP contribution in [-0.2, 0) is 16.1 Å². The average Bonchev–Trinajstić information content (AvgIpc) is 3.50. The van der Waals surface area contributed by atoms with E-state index < -0.39 is 5.92 Å². The number of carbonyl (C=O) groups is 2. The summed E-state index contributed by atoms with van der Waals surface area (Å²) >= 11 is 0. The van der Waals surface area contributed by atoms with E-state index in [2.05, 4.69) is 20.4 Å². The van der Waals surface area contributed by atoms with Crippen molar-refractivity contribution >= 4 is 28.5 Å². The van der Waals surface area contributed by atoms with Crippen LogP contribution in [0.5, 0.6) is 0 Å². The predicted molar refractivity (Wildman–Crippen MR) is 110 cm³/mol. The van der Waals surface area contributed by atoms with Crippen molar-refractivity contribution in [3.8, 4) is 5.69 Å². The highest BCUT2D eigenvalue weighted by Crippen LogP contribution is 2.25. The normalized spacial score (nSPS) is 16.2. The zero-order valence-corrected chi connectivity index (χ0v) is 16.3. The molecule has 4 heterocycles. The fourth-order valence-electron chi connectivity index (χ4n) is 3.72. The lowest BCUT2D eigenvalue weighted by molar-refractivity contribution is -0.128. The molecule has 3 aromatic heterocycles. The van der Waals surface area contributed by atoms with Crippen molar-refractivity contribution in [3.63, 3.8) is 0 Å². The smallest absolute Gasteiger partial charge is 0.261 e. The van der Waals surface area contributed by atoms with Gasteiger partial charge in [0, 0.05) is 13.0 Å². The van der Waals surface area contributed by atoms with Gasteiger partial charge in [0.25, 0.3) is 5.56 Å². The van der Waals surface area contributed by atoms with Gasteiger partial charge in [-0.25, -0.2) is 9.67 Å². The molecule has 1 saturated heterocycles. The molecule has 0 spiro atoms. The Kier molecular flexibility index (Phi) is 4.58. The molecular weight excluding hydrogens is 400 g/mol. The molecule has 10 heteroatoms. The maximum absolute atomic E-state index is 12.9. The molecule has 0 aliphatic carbocycles. The molecule has 2 amide bonds. The van der Waals surface area contributed by atoms with Crippen LogP contribution in [0.1, 0.15) is 12.2 Å². The Morgan fingerprint density at radius 2 is 2.10 bits per heavy atom. The van der Waals surface area contributed by atoms with E-state index in [1.165, 1.54) is 17.2 Å². The van der Waals surface area contributed by atoms with Gasteiger partial charge in [-0.15, -0.1) is 0 Å². The minimum absolute atomic E-state index is 0.0914. The minimum Gasteiger partial charge on any atom is -0.467 e. The topological polar surface area (TPSA) is 126 Å². The number of carbonyl (C=O) groups excluding carboxylic acids is 2. The van der Waals surface area contributed by atoms with Gasteiger partial charge in [0.15, 0.2) is 5.65 Å². The van der Waals surface area contributed by atoms with Crippen LogP contribution in [0, 0.1) is 5.92 Å². The first-order chi connectivity index (χ1) is 15.1. The van der Waals surface area contributed by atoms with Crippen LogP contribution in [0.3, 0.4) is 0 Å². The molecule has 4 aromatic rings. The maximum atomic E-state index is 12.9. The molecule has 0 bridgehead atoms. The van der Waals surface area contributed by atoms with E-state index in [-0.39, 0.29) is 23.8 Å². The number of rotatable bonds is 5. The number of furan rings is 1. The number of nitrogens with zero attached hydrogens (tertiary/aromatic N) is 4. The average molecular weight is 418 g/mol. The van der Waals surface area contributed by atoms with Crippen molar-refractivity contribution in [2.75, 3.05) is 11.9 Å². The summed E-state index contributed by atoms with van der Waals surface area (Å²) in [6.07, 6.45) is 4.43. The number of hydrogen-bond acceptors (Lipinski definition) is 6. The predicted octanol–water partition coefficient (Wildman–Crippen LogP) is 1.69. The SMILES string of the molecule is O=C(Nc1ccccc1-n1ncc2c(=O)[nH]cnc21)C1CC(=O)N(Cc2ccco2)C1. The molecule has 10 nitrogen and oxygen atoms in total. The van der Waals surface area contributed by atoms with Crippen LogP contribution in [0.25, 0.3) is 16.7 Å². The third-order valence-corrected chi connectivity index (χ3v) is 5.27. The van der Waals surface area contributed by atoms with E-state index in [0.29, 0.717) is 41.3 Å². The molecule has 156 valence electrons. The zero-order chi connectivity index (χ0) is 21.4. The van der Waals surface area contributed by atoms with Crippen molar-refractivity contribution in [2.24, 2.45) is 5.92 Å². The molecular formula is C21H18N6O4. The summed E-state index contributed by atoms with van der Waals surface area (Å²) in [5.41, 5.74) is 1.17. The first-order valence-electron chi connectivity index (χ1n) is 9.72. The number of aromatic amines is 1. The van der Waals surface area contributed by atoms with Gasteiger partial charge < -0.3 is 19.6 Å². The van der Waals surface area contributed by atoms with Gasteiger partial charge in [-0.05, 0) is 24.3 Å². The van der Waals surface area contributed by atoms with E-state index in [4.69, 9.17) is 4.42 Å². The maximum Gasteiger partial charge on any atom is 0.261 e. The number of hydrogen-bond donors (Lipinski definition) is 2. The molecule has 1 fully saturated rings. The van der Waals surface area contributed by atoms with Crippen LogP contribution in [0.2, 0.25) is 0 Å². The first-order valence-corrected chi connectivity index (χ1v) is 9.72. The fraction of sp³-hybridized carbons (Fsp3) is 0.190. The van der Waals surface area contributed by atoms with E-state index in [1.54, 1.807) is 47.6 Å². The van der Waals surface area contributed by atoms with Gasteiger partial charge in [-0.2, -0.15) is 5.10 Å². The molecule has 31 heavy (non-hydrogen) atoms. The van der Waals surface area contributed by atoms with Gasteiger partial charge in [0.2, 0.25) is 11.8 Å². The monoisotopic (exact) mass is 418 g/mol. The van der Waals surface area contributed by atoms with Crippen molar-refractivity contribution in [2.45, 2.75) is 13.0 Å². The lowest BCUT2D eigenvalue weighted by atomic mass is 10.1. The largest absolute Gasteiger partial charge is 0.467 e. The van der Waals surface area contributed by atoms with Crippen molar-refractivity contribution in [1.82, 2.24) is 24.6 Å². The van der Waals surface area contributed by atoms with Crippen LogP contribution in [0.15, 0.2) is 64.4 Å². The number of benzene rings is 1. The Morgan fingerprint density at radius 3 is 2.94 bits per heavy atom. The van der Waals surface area contributed by atoms with E-state index in [0.717, 1.165) is 0 Å². The first kappa shape index (κ1) is 18.8. The van der Waals surface area contributed by atoms with Crippen LogP contribution in [0.4, 0.5) is 5.69 Å². The number of H-pyrrole nitrogens is 1. The Bertz CT molecular complexity index is 1320. The molecule has 1 aliphatic heterocycles. The lowest BCUT2D eigenvalue weighted by Crippen LogP contribution is -2.28. The third kappa shape index (κ3) is 3.48. The molecule has 1 aromatic carbocycles. The summed E-state index contributed by atoms with van der Waals surface area (Å²) in [7, 11) is 0. The van der Waals surface area contributed by atoms with E-state index >= 15 is 0 Å². The van der Waals surface area contributed by atoms with Crippen molar-refractivity contribution < 1.29 is 14.0 Å². The summed E-state index contributed by atoms with van der Waals surface area (Å²) in [6, 6.07) is 10.7. The summed E-state index contributed by atoms with van der Waals surface area (Å²) < 4.78 is 6.80. The minimum atomic E-state index is -0.481. The van der Waals surface area contributed by atoms with E-state index in [9.17, 15) is 14.4 Å². The summed E-state index contributed by atoms with van der Waals surface area (Å²) in [6.45, 7) is 0.654.